The molecule has 0 aliphatic heterocycles. The van der Waals surface area contributed by atoms with Crippen molar-refractivity contribution in [2.45, 2.75) is 31.7 Å². The zero-order chi connectivity index (χ0) is 11.0. The maximum absolute atomic E-state index is 12.1. The second-order valence-electron chi connectivity index (χ2n) is 4.60. The van der Waals surface area contributed by atoms with Gasteiger partial charge in [0.15, 0.2) is 0 Å². The van der Waals surface area contributed by atoms with Gasteiger partial charge in [-0.2, -0.15) is 0 Å². The summed E-state index contributed by atoms with van der Waals surface area (Å²) >= 11 is 0. The van der Waals surface area contributed by atoms with Gasteiger partial charge in [0.1, 0.15) is 0 Å². The molecular formula is C14H15NO. The summed E-state index contributed by atoms with van der Waals surface area (Å²) in [6.07, 6.45) is 14.8. The summed E-state index contributed by atoms with van der Waals surface area (Å²) in [4.78, 5) is 12.1. The molecule has 3 aliphatic rings. The van der Waals surface area contributed by atoms with E-state index < -0.39 is 0 Å². The maximum atomic E-state index is 12.1. The van der Waals surface area contributed by atoms with Crippen LogP contribution in [-0.2, 0) is 4.79 Å². The van der Waals surface area contributed by atoms with Crippen molar-refractivity contribution in [3.8, 4) is 0 Å². The standard InChI is InChI=1S/C14H15NO/c16-14(15-11-5-1-2-6-11)13-9-8-10-4-3-7-12(10)13/h3-4,7-9,11H,1-2,5-6H2,(H,15,16). The zero-order valence-electron chi connectivity index (χ0n) is 9.20. The van der Waals surface area contributed by atoms with E-state index in [1.165, 1.54) is 12.8 Å². The Labute approximate surface area is 95.4 Å². The minimum atomic E-state index is 0.0908. The van der Waals surface area contributed by atoms with Crippen LogP contribution in [-0.4, -0.2) is 11.9 Å². The van der Waals surface area contributed by atoms with Crippen molar-refractivity contribution in [3.05, 3.63) is 47.1 Å². The molecule has 0 atom stereocenters. The van der Waals surface area contributed by atoms with Crippen molar-refractivity contribution in [2.24, 2.45) is 0 Å². The molecule has 0 radical (unpaired) electrons. The Morgan fingerprint density at radius 2 is 2.00 bits per heavy atom. The fraction of sp³-hybridized carbons (Fsp3) is 0.357. The van der Waals surface area contributed by atoms with Gasteiger partial charge in [-0.25, -0.2) is 0 Å². The number of allylic oxidation sites excluding steroid dienone is 6. The van der Waals surface area contributed by atoms with Crippen LogP contribution in [0.1, 0.15) is 25.7 Å². The van der Waals surface area contributed by atoms with Crippen LogP contribution in [0.15, 0.2) is 47.1 Å². The number of nitrogens with one attached hydrogen (secondary N) is 1. The largest absolute Gasteiger partial charge is 0.349 e. The third-order valence-corrected chi connectivity index (χ3v) is 3.50. The first-order valence-electron chi connectivity index (χ1n) is 5.96. The molecule has 2 heteroatoms. The highest BCUT2D eigenvalue weighted by atomic mass is 16.1. The first-order chi connectivity index (χ1) is 7.84. The smallest absolute Gasteiger partial charge is 0.252 e. The molecule has 0 saturated heterocycles. The number of amides is 1. The highest BCUT2D eigenvalue weighted by Gasteiger charge is 2.24. The fourth-order valence-electron chi connectivity index (χ4n) is 2.62. The summed E-state index contributed by atoms with van der Waals surface area (Å²) in [7, 11) is 0. The third-order valence-electron chi connectivity index (χ3n) is 3.50. The van der Waals surface area contributed by atoms with Crippen LogP contribution < -0.4 is 5.32 Å². The van der Waals surface area contributed by atoms with Crippen molar-refractivity contribution in [1.29, 1.82) is 0 Å². The molecule has 1 fully saturated rings. The van der Waals surface area contributed by atoms with Gasteiger partial charge in [-0.05, 0) is 30.1 Å². The lowest BCUT2D eigenvalue weighted by molar-refractivity contribution is -0.117. The van der Waals surface area contributed by atoms with Crippen molar-refractivity contribution < 1.29 is 4.79 Å². The lowest BCUT2D eigenvalue weighted by Crippen LogP contribution is -2.33. The Morgan fingerprint density at radius 3 is 2.81 bits per heavy atom. The zero-order valence-corrected chi connectivity index (χ0v) is 9.20. The topological polar surface area (TPSA) is 29.1 Å². The first kappa shape index (κ1) is 9.64. The van der Waals surface area contributed by atoms with Crippen molar-refractivity contribution in [3.63, 3.8) is 0 Å². The van der Waals surface area contributed by atoms with Gasteiger partial charge in [0.25, 0.3) is 5.91 Å². The van der Waals surface area contributed by atoms with E-state index in [1.807, 2.05) is 30.4 Å². The van der Waals surface area contributed by atoms with Crippen LogP contribution in [0.2, 0.25) is 0 Å². The van der Waals surface area contributed by atoms with E-state index in [2.05, 4.69) is 5.32 Å². The van der Waals surface area contributed by atoms with E-state index in [0.717, 1.165) is 29.6 Å². The van der Waals surface area contributed by atoms with Gasteiger partial charge < -0.3 is 5.32 Å². The number of hydrogen-bond acceptors (Lipinski definition) is 1. The maximum Gasteiger partial charge on any atom is 0.252 e. The van der Waals surface area contributed by atoms with Gasteiger partial charge in [-0.15, -0.1) is 0 Å². The van der Waals surface area contributed by atoms with Gasteiger partial charge in [0.05, 0.1) is 0 Å². The van der Waals surface area contributed by atoms with Gasteiger partial charge in [-0.3, -0.25) is 4.79 Å². The Morgan fingerprint density at radius 1 is 1.19 bits per heavy atom. The fourth-order valence-corrected chi connectivity index (χ4v) is 2.62. The summed E-state index contributed by atoms with van der Waals surface area (Å²) in [5.41, 5.74) is 3.07. The predicted molar refractivity (Wildman–Crippen MR) is 63.8 cm³/mol. The molecule has 0 bridgehead atoms. The highest BCUT2D eigenvalue weighted by molar-refractivity contribution is 6.02. The van der Waals surface area contributed by atoms with E-state index in [1.54, 1.807) is 0 Å². The van der Waals surface area contributed by atoms with Crippen LogP contribution in [0.25, 0.3) is 0 Å². The lowest BCUT2D eigenvalue weighted by Gasteiger charge is -2.13. The average Bonchev–Trinajstić information content (AvgIpc) is 2.92. The summed E-state index contributed by atoms with van der Waals surface area (Å²) in [6.45, 7) is 0. The second kappa shape index (κ2) is 3.78. The molecule has 3 rings (SSSR count). The number of rotatable bonds is 2. The van der Waals surface area contributed by atoms with E-state index in [4.69, 9.17) is 0 Å². The quantitative estimate of drug-likeness (QED) is 0.749. The summed E-state index contributed by atoms with van der Waals surface area (Å²) in [6, 6.07) is 0.396. The van der Waals surface area contributed by atoms with Gasteiger partial charge in [0, 0.05) is 11.6 Å². The summed E-state index contributed by atoms with van der Waals surface area (Å²) in [5, 5.41) is 3.12. The van der Waals surface area contributed by atoms with Crippen molar-refractivity contribution >= 4 is 5.91 Å². The van der Waals surface area contributed by atoms with Gasteiger partial charge in [0.2, 0.25) is 0 Å². The molecule has 0 aromatic heterocycles. The number of hydrogen-bond donors (Lipinski definition) is 1. The summed E-state index contributed by atoms with van der Waals surface area (Å²) < 4.78 is 0. The van der Waals surface area contributed by atoms with E-state index in [0.29, 0.717) is 6.04 Å². The first-order valence-corrected chi connectivity index (χ1v) is 5.96. The molecule has 0 aromatic carbocycles. The van der Waals surface area contributed by atoms with E-state index in [9.17, 15) is 4.79 Å². The minimum Gasteiger partial charge on any atom is -0.349 e. The normalized spacial score (nSPS) is 22.9. The molecule has 0 unspecified atom stereocenters. The molecule has 1 N–H and O–H groups in total. The minimum absolute atomic E-state index is 0.0908. The van der Waals surface area contributed by atoms with Crippen molar-refractivity contribution in [2.75, 3.05) is 0 Å². The molecule has 0 spiro atoms. The molecule has 82 valence electrons. The lowest BCUT2D eigenvalue weighted by atomic mass is 10.1. The Hall–Kier alpha value is -1.57. The SMILES string of the molecule is O=C(NC1CCCC1)C1=CC=C2C=CC=C21. The predicted octanol–water partition coefficient (Wildman–Crippen LogP) is 2.41. The molecule has 16 heavy (non-hydrogen) atoms. The van der Waals surface area contributed by atoms with Crippen LogP contribution >= 0.6 is 0 Å². The number of carbonyl (C=O) groups is 1. The van der Waals surface area contributed by atoms with Crippen LogP contribution in [0.4, 0.5) is 0 Å². The Bertz CT molecular complexity index is 445. The molecule has 1 amide bonds. The second-order valence-corrected chi connectivity index (χ2v) is 4.60. The highest BCUT2D eigenvalue weighted by Crippen LogP contribution is 2.31. The molecule has 0 heterocycles. The Balaban J connectivity index is 1.68. The van der Waals surface area contributed by atoms with Crippen molar-refractivity contribution in [1.82, 2.24) is 5.32 Å². The number of carbonyl (C=O) groups excluding carboxylic acids is 1. The van der Waals surface area contributed by atoms with E-state index >= 15 is 0 Å². The van der Waals surface area contributed by atoms with Gasteiger partial charge in [-0.1, -0.05) is 37.1 Å². The molecule has 3 aliphatic carbocycles. The molecule has 0 aromatic rings. The van der Waals surface area contributed by atoms with Crippen LogP contribution in [0.3, 0.4) is 0 Å². The van der Waals surface area contributed by atoms with Crippen LogP contribution in [0.5, 0.6) is 0 Å². The third kappa shape index (κ3) is 1.54. The summed E-state index contributed by atoms with van der Waals surface area (Å²) in [5.74, 6) is 0.0908. The average molecular weight is 213 g/mol. The Kier molecular flexibility index (Phi) is 2.28. The van der Waals surface area contributed by atoms with Gasteiger partial charge >= 0.3 is 0 Å². The molecular weight excluding hydrogens is 198 g/mol. The number of fused-ring (bicyclic) bond motifs is 1. The molecule has 1 saturated carbocycles. The van der Waals surface area contributed by atoms with E-state index in [-0.39, 0.29) is 5.91 Å². The monoisotopic (exact) mass is 213 g/mol. The van der Waals surface area contributed by atoms with Crippen LogP contribution in [0, 0.1) is 0 Å². The molecule has 2 nitrogen and oxygen atoms in total.